The summed E-state index contributed by atoms with van der Waals surface area (Å²) >= 11 is 9.09. The molecular weight excluding hydrogens is 416 g/mol. The molecule has 0 unspecified atom stereocenters. The molecule has 1 aromatic carbocycles. The van der Waals surface area contributed by atoms with Crippen molar-refractivity contribution in [3.8, 4) is 0 Å². The second-order valence-electron chi connectivity index (χ2n) is 3.94. The van der Waals surface area contributed by atoms with Gasteiger partial charge in [0.05, 0.1) is 11.0 Å². The average molecular weight is 419 g/mol. The van der Waals surface area contributed by atoms with Crippen LogP contribution in [0.15, 0.2) is 23.1 Å². The minimum absolute atomic E-state index is 0.114. The number of hydrogen-bond acceptors (Lipinski definition) is 3. The van der Waals surface area contributed by atoms with Gasteiger partial charge in [0.1, 0.15) is 0 Å². The van der Waals surface area contributed by atoms with E-state index in [-0.39, 0.29) is 15.9 Å². The van der Waals surface area contributed by atoms with Crippen LogP contribution in [-0.4, -0.2) is 18.4 Å². The van der Waals surface area contributed by atoms with E-state index >= 15 is 0 Å². The number of imidazole rings is 1. The number of rotatable bonds is 3. The third-order valence-corrected chi connectivity index (χ3v) is 4.21. The molecule has 0 aliphatic rings. The zero-order valence-corrected chi connectivity index (χ0v) is 13.5. The first-order valence-corrected chi connectivity index (χ1v) is 7.73. The van der Waals surface area contributed by atoms with E-state index in [0.717, 1.165) is 18.2 Å². The van der Waals surface area contributed by atoms with Crippen molar-refractivity contribution in [3.63, 3.8) is 0 Å². The average Bonchev–Trinajstić information content (AvgIpc) is 2.64. The molecule has 0 saturated heterocycles. The van der Waals surface area contributed by atoms with Gasteiger partial charge in [0.2, 0.25) is 5.82 Å². The predicted octanol–water partition coefficient (Wildman–Crippen LogP) is 6.22. The zero-order valence-electron chi connectivity index (χ0n) is 10.3. The van der Waals surface area contributed by atoms with Gasteiger partial charge < -0.3 is 0 Å². The molecule has 2 rings (SSSR count). The van der Waals surface area contributed by atoms with E-state index < -0.39 is 49.1 Å². The molecule has 0 aliphatic carbocycles. The Bertz CT molecular complexity index is 721. The van der Waals surface area contributed by atoms with Gasteiger partial charge in [0, 0.05) is 16.8 Å². The van der Waals surface area contributed by atoms with Gasteiger partial charge in [-0.15, -0.1) is 0 Å². The van der Waals surface area contributed by atoms with E-state index in [0.29, 0.717) is 0 Å². The molecule has 2 aromatic rings. The second-order valence-corrected chi connectivity index (χ2v) is 7.84. The van der Waals surface area contributed by atoms with E-state index in [4.69, 9.17) is 23.2 Å². The fraction of sp³-hybridized carbons (Fsp3) is 0.300. The highest BCUT2D eigenvalue weighted by Crippen LogP contribution is 2.46. The Morgan fingerprint density at radius 3 is 2.09 bits per heavy atom. The minimum Gasteiger partial charge on any atom is -0.256 e. The molecule has 1 heterocycles. The third-order valence-electron chi connectivity index (χ3n) is 2.27. The number of alkyl halides is 9. The van der Waals surface area contributed by atoms with E-state index in [1.807, 2.05) is 0 Å². The molecule has 0 radical (unpaired) electrons. The van der Waals surface area contributed by atoms with Crippen LogP contribution in [0.3, 0.4) is 0 Å². The Morgan fingerprint density at radius 2 is 1.61 bits per heavy atom. The monoisotopic (exact) mass is 418 g/mol. The van der Waals surface area contributed by atoms with Crippen LogP contribution in [0.25, 0.3) is 11.0 Å². The quantitative estimate of drug-likeness (QED) is 0.334. The van der Waals surface area contributed by atoms with E-state index in [1.165, 1.54) is 0 Å². The summed E-state index contributed by atoms with van der Waals surface area (Å²) in [5.74, 6) is -1.63. The molecule has 23 heavy (non-hydrogen) atoms. The fourth-order valence-corrected chi connectivity index (χ4v) is 3.53. The first kappa shape index (κ1) is 18.8. The van der Waals surface area contributed by atoms with E-state index in [1.54, 1.807) is 0 Å². The van der Waals surface area contributed by atoms with Crippen LogP contribution in [0.4, 0.5) is 30.7 Å². The Kier molecular flexibility index (Phi) is 4.98. The van der Waals surface area contributed by atoms with Crippen molar-refractivity contribution in [1.29, 1.82) is 0 Å². The summed E-state index contributed by atoms with van der Waals surface area (Å²) < 4.78 is 86.9. The predicted molar refractivity (Wildman–Crippen MR) is 75.2 cm³/mol. The second kappa shape index (κ2) is 6.08. The molecule has 0 spiro atoms. The van der Waals surface area contributed by atoms with E-state index in [9.17, 15) is 30.7 Å². The van der Waals surface area contributed by atoms with Crippen LogP contribution >= 0.6 is 46.9 Å². The van der Waals surface area contributed by atoms with Crippen molar-refractivity contribution >= 4 is 57.9 Å². The molecule has 13 heteroatoms. The van der Waals surface area contributed by atoms with Gasteiger partial charge in [-0.3, -0.25) is 3.97 Å². The van der Waals surface area contributed by atoms with Crippen LogP contribution < -0.4 is 0 Å². The summed E-state index contributed by atoms with van der Waals surface area (Å²) in [4.78, 5) is 2.62. The third kappa shape index (κ3) is 4.74. The Labute approximate surface area is 142 Å². The molecule has 0 bridgehead atoms. The lowest BCUT2D eigenvalue weighted by atomic mass is 10.3. The summed E-state index contributed by atoms with van der Waals surface area (Å²) in [5, 5.41) is 0. The number of hydrogen-bond donors (Lipinski definition) is 0. The molecule has 1 aromatic heterocycles. The highest BCUT2D eigenvalue weighted by atomic mass is 35.5. The molecule has 0 atom stereocenters. The maximum Gasteiger partial charge on any atom is 0.450 e. The van der Waals surface area contributed by atoms with Crippen molar-refractivity contribution in [1.82, 2.24) is 8.96 Å². The Morgan fingerprint density at radius 1 is 1.00 bits per heavy atom. The van der Waals surface area contributed by atoms with Gasteiger partial charge in [0.15, 0.2) is 0 Å². The number of para-hydroxylation sites is 1. The number of aromatic nitrogens is 2. The van der Waals surface area contributed by atoms with Crippen LogP contribution in [0.2, 0.25) is 0 Å². The molecule has 0 N–H and O–H groups in total. The number of halogens is 9. The highest BCUT2D eigenvalue weighted by molar-refractivity contribution is 8.02. The summed E-state index contributed by atoms with van der Waals surface area (Å²) in [6.45, 7) is 0. The molecule has 2 nitrogen and oxygen atoms in total. The van der Waals surface area contributed by atoms with E-state index in [2.05, 4.69) is 4.98 Å². The molecule has 0 aliphatic heterocycles. The molecule has 0 fully saturated rings. The lowest BCUT2D eigenvalue weighted by Gasteiger charge is -2.15. The first-order chi connectivity index (χ1) is 10.3. The van der Waals surface area contributed by atoms with Crippen molar-refractivity contribution in [2.24, 2.45) is 0 Å². The smallest absolute Gasteiger partial charge is 0.256 e. The van der Waals surface area contributed by atoms with Gasteiger partial charge in [-0.05, 0) is 23.9 Å². The molecule has 0 amide bonds. The van der Waals surface area contributed by atoms with Crippen molar-refractivity contribution < 1.29 is 30.7 Å². The number of nitrogens with zero attached hydrogens (tertiary/aromatic N) is 2. The van der Waals surface area contributed by atoms with Gasteiger partial charge >= 0.3 is 15.6 Å². The standard InChI is InChI=1S/C10H3Cl2F7N2S2/c11-9(12,16)23-21-6-4(20-7(21)8(13,14)15)2-1-3-5(6)22-10(17,18)19/h1-3H. The fourth-order valence-electron chi connectivity index (χ4n) is 1.65. The normalized spacial score (nSPS) is 13.8. The topological polar surface area (TPSA) is 17.8 Å². The van der Waals surface area contributed by atoms with Crippen LogP contribution in [0.1, 0.15) is 5.82 Å². The maximum absolute atomic E-state index is 13.4. The Balaban J connectivity index is 2.74. The maximum atomic E-state index is 13.4. The summed E-state index contributed by atoms with van der Waals surface area (Å²) in [6, 6.07) is 3.09. The summed E-state index contributed by atoms with van der Waals surface area (Å²) in [7, 11) is 0. The highest BCUT2D eigenvalue weighted by Gasteiger charge is 2.41. The summed E-state index contributed by atoms with van der Waals surface area (Å²) in [5.41, 5.74) is -5.76. The zero-order chi connectivity index (χ0) is 17.6. The number of thioether (sulfide) groups is 1. The SMILES string of the molecule is FC(F)(F)Sc1cccc2nc(C(F)(F)F)n(SC(F)(Cl)Cl)c12. The van der Waals surface area contributed by atoms with Crippen LogP contribution in [0.5, 0.6) is 0 Å². The van der Waals surface area contributed by atoms with Gasteiger partial charge in [-0.25, -0.2) is 4.98 Å². The first-order valence-electron chi connectivity index (χ1n) is 5.38. The van der Waals surface area contributed by atoms with Gasteiger partial charge in [-0.2, -0.15) is 30.7 Å². The summed E-state index contributed by atoms with van der Waals surface area (Å²) in [6.07, 6.45) is -5.05. The number of benzene rings is 1. The largest absolute Gasteiger partial charge is 0.450 e. The van der Waals surface area contributed by atoms with Crippen molar-refractivity contribution in [3.05, 3.63) is 24.0 Å². The van der Waals surface area contributed by atoms with Crippen LogP contribution in [0, 0.1) is 0 Å². The molecule has 0 saturated carbocycles. The van der Waals surface area contributed by atoms with Crippen LogP contribution in [-0.2, 0) is 6.18 Å². The van der Waals surface area contributed by atoms with Gasteiger partial charge in [-0.1, -0.05) is 29.3 Å². The van der Waals surface area contributed by atoms with Crippen molar-refractivity contribution in [2.75, 3.05) is 0 Å². The lowest BCUT2D eigenvalue weighted by Crippen LogP contribution is -2.14. The minimum atomic E-state index is -5.05. The molecule has 128 valence electrons. The lowest BCUT2D eigenvalue weighted by molar-refractivity contribution is -0.144. The molecular formula is C10H3Cl2F7N2S2. The van der Waals surface area contributed by atoms with Crippen molar-refractivity contribution in [2.45, 2.75) is 20.5 Å². The van der Waals surface area contributed by atoms with Gasteiger partial charge in [0.25, 0.3) is 0 Å². The Hall–Kier alpha value is -0.520. The number of fused-ring (bicyclic) bond motifs is 1.